The van der Waals surface area contributed by atoms with Crippen molar-refractivity contribution in [1.82, 2.24) is 0 Å². The fraction of sp³-hybridized carbons (Fsp3) is 0.423. The van der Waals surface area contributed by atoms with Gasteiger partial charge >= 0.3 is 11.3 Å². The van der Waals surface area contributed by atoms with Crippen molar-refractivity contribution in [3.8, 4) is 6.07 Å². The fourth-order valence-corrected chi connectivity index (χ4v) is 10.5. The van der Waals surface area contributed by atoms with E-state index in [1.54, 1.807) is 36.5 Å². The van der Waals surface area contributed by atoms with Crippen molar-refractivity contribution < 1.29 is 13.6 Å². The molecule has 9 rings (SSSR count). The van der Waals surface area contributed by atoms with Gasteiger partial charge in [0.05, 0.1) is 23.8 Å². The Balaban J connectivity index is 1.11. The van der Waals surface area contributed by atoms with E-state index in [1.807, 2.05) is 19.9 Å². The summed E-state index contributed by atoms with van der Waals surface area (Å²) in [6, 6.07) is 6.44. The second-order valence-corrected chi connectivity index (χ2v) is 20.3. The van der Waals surface area contributed by atoms with E-state index in [0.717, 1.165) is 84.9 Å². The quantitative estimate of drug-likeness (QED) is 0.114. The Morgan fingerprint density at radius 3 is 1.44 bits per heavy atom. The summed E-state index contributed by atoms with van der Waals surface area (Å²) in [5.74, 6) is 0.626. The molecule has 0 saturated carbocycles. The van der Waals surface area contributed by atoms with Gasteiger partial charge in [-0.15, -0.1) is 0 Å². The van der Waals surface area contributed by atoms with Crippen LogP contribution in [0.4, 0.5) is 11.4 Å². The number of allylic oxidation sites excluding steroid dienone is 6. The molecule has 0 atom stereocenters. The highest BCUT2D eigenvalue weighted by atomic mass is 16.5. The monoisotopic (exact) mass is 814 g/mol. The minimum Gasteiger partial charge on any atom is -0.457 e. The molecule has 0 amide bonds. The zero-order valence-electron chi connectivity index (χ0n) is 37.1. The molecule has 9 heteroatoms. The van der Waals surface area contributed by atoms with Crippen LogP contribution in [0.2, 0.25) is 0 Å². The molecule has 312 valence electrons. The maximum atomic E-state index is 13.9. The molecule has 2 aromatic carbocycles. The third kappa shape index (κ3) is 6.30. The van der Waals surface area contributed by atoms with Gasteiger partial charge in [0.2, 0.25) is 0 Å². The number of aryl methyl sites for hydroxylation is 2. The first-order valence-corrected chi connectivity index (χ1v) is 21.6. The Hall–Kier alpha value is -6.06. The Kier molecular flexibility index (Phi) is 9.08. The van der Waals surface area contributed by atoms with E-state index in [4.69, 9.17) is 20.1 Å². The number of hydrogen-bond acceptors (Lipinski definition) is 8. The molecule has 61 heavy (non-hydrogen) atoms. The lowest BCUT2D eigenvalue weighted by Crippen LogP contribution is -2.44. The maximum absolute atomic E-state index is 13.9. The fourth-order valence-electron chi connectivity index (χ4n) is 10.5. The standard InChI is InChI=1S/C52H54N4O5/c1-29-34(47(57)60-45-36(29)26-38-43-41(45)51(7,8)18-22-55(43)20-16-49(38,3)4)14-12-32-24-31(40(28-53)54-11)25-33(59-32)13-15-35-30(2)37-27-39-44-42(46(37)61-48(35)58)52(9,10)19-23-56(44)21-17-50(39,5)6/h12-15,24-27H,16-23H2,1-10H3/b14-12+,15-13+. The second-order valence-electron chi connectivity index (χ2n) is 20.3. The highest BCUT2D eigenvalue weighted by molar-refractivity contribution is 5.95. The van der Waals surface area contributed by atoms with Gasteiger partial charge in [-0.3, -0.25) is 0 Å². The summed E-state index contributed by atoms with van der Waals surface area (Å²) in [5, 5.41) is 11.7. The van der Waals surface area contributed by atoms with Gasteiger partial charge in [0.25, 0.3) is 5.70 Å². The van der Waals surface area contributed by atoms with Crippen molar-refractivity contribution in [2.75, 3.05) is 36.0 Å². The summed E-state index contributed by atoms with van der Waals surface area (Å²) in [6.45, 7) is 33.7. The van der Waals surface area contributed by atoms with Crippen LogP contribution in [0.3, 0.4) is 0 Å². The van der Waals surface area contributed by atoms with Crippen LogP contribution < -0.4 is 21.1 Å². The molecule has 7 heterocycles. The van der Waals surface area contributed by atoms with E-state index >= 15 is 0 Å². The lowest BCUT2D eigenvalue weighted by atomic mass is 9.69. The number of nitriles is 1. The molecule has 0 fully saturated rings. The first-order chi connectivity index (χ1) is 28.8. The minimum atomic E-state index is -0.449. The first kappa shape index (κ1) is 40.4. The van der Waals surface area contributed by atoms with Gasteiger partial charge in [-0.05, 0) is 138 Å². The molecule has 5 aliphatic heterocycles. The number of hydrogen-bond donors (Lipinski definition) is 0. The van der Waals surface area contributed by atoms with Crippen LogP contribution in [0.15, 0.2) is 77.6 Å². The third-order valence-corrected chi connectivity index (χ3v) is 14.6. The molecular formula is C52H54N4O5. The zero-order chi connectivity index (χ0) is 43.6. The smallest absolute Gasteiger partial charge is 0.343 e. The number of ether oxygens (including phenoxy) is 1. The average molecular weight is 815 g/mol. The van der Waals surface area contributed by atoms with E-state index in [2.05, 4.69) is 82.2 Å². The van der Waals surface area contributed by atoms with Crippen LogP contribution in [0.1, 0.15) is 126 Å². The SMILES string of the molecule is [C-]#[N+]C(C#N)=C1C=C(/C=C/c2c(C)c3cc4c5c(c3oc2=O)C(C)(C)CCN5CCC4(C)C)OC(/C=C/c2c(C)c3cc4c5c(c3oc2=O)C(C)(C)CCN5CCC4(C)C)=C1. The Bertz CT molecular complexity index is 2800. The van der Waals surface area contributed by atoms with Gasteiger partial charge in [-0.25, -0.2) is 19.7 Å². The number of anilines is 2. The average Bonchev–Trinajstić information content (AvgIpc) is 3.19. The topological polar surface area (TPSA) is 104 Å². The summed E-state index contributed by atoms with van der Waals surface area (Å²) < 4.78 is 18.9. The third-order valence-electron chi connectivity index (χ3n) is 14.6. The van der Waals surface area contributed by atoms with Gasteiger partial charge in [0, 0.05) is 59.5 Å². The predicted molar refractivity (Wildman–Crippen MR) is 244 cm³/mol. The van der Waals surface area contributed by atoms with E-state index in [-0.39, 0.29) is 27.4 Å². The molecule has 0 bridgehead atoms. The Morgan fingerprint density at radius 2 is 1.07 bits per heavy atom. The molecule has 0 radical (unpaired) electrons. The number of nitrogens with zero attached hydrogens (tertiary/aromatic N) is 4. The number of rotatable bonds is 4. The van der Waals surface area contributed by atoms with Crippen molar-refractivity contribution in [3.05, 3.63) is 136 Å². The molecule has 9 nitrogen and oxygen atoms in total. The molecule has 0 saturated heterocycles. The minimum absolute atomic E-state index is 0.0423. The lowest BCUT2D eigenvalue weighted by molar-refractivity contribution is 0.332. The van der Waals surface area contributed by atoms with Gasteiger partial charge in [-0.2, -0.15) is 0 Å². The van der Waals surface area contributed by atoms with Gasteiger partial charge < -0.3 is 23.4 Å². The van der Waals surface area contributed by atoms with Crippen molar-refractivity contribution >= 4 is 45.5 Å². The normalized spacial score (nSPS) is 20.5. The van der Waals surface area contributed by atoms with Crippen LogP contribution in [0.5, 0.6) is 0 Å². The van der Waals surface area contributed by atoms with E-state index in [0.29, 0.717) is 39.4 Å². The first-order valence-electron chi connectivity index (χ1n) is 21.6. The molecule has 0 unspecified atom stereocenters. The number of benzene rings is 2. The van der Waals surface area contributed by atoms with Crippen LogP contribution in [-0.4, -0.2) is 26.2 Å². The molecule has 5 aliphatic rings. The molecule has 0 N–H and O–H groups in total. The second kappa shape index (κ2) is 13.7. The highest BCUT2D eigenvalue weighted by Crippen LogP contribution is 2.54. The summed E-state index contributed by atoms with van der Waals surface area (Å²) >= 11 is 0. The molecule has 0 aliphatic carbocycles. The van der Waals surface area contributed by atoms with Crippen molar-refractivity contribution in [1.29, 1.82) is 5.26 Å². The van der Waals surface area contributed by atoms with Gasteiger partial charge in [0.15, 0.2) is 0 Å². The van der Waals surface area contributed by atoms with Crippen LogP contribution >= 0.6 is 0 Å². The van der Waals surface area contributed by atoms with Gasteiger partial charge in [0.1, 0.15) is 22.7 Å². The van der Waals surface area contributed by atoms with Crippen molar-refractivity contribution in [2.24, 2.45) is 0 Å². The molecular weight excluding hydrogens is 761 g/mol. The molecule has 2 aromatic heterocycles. The highest BCUT2D eigenvalue weighted by Gasteiger charge is 2.44. The largest absolute Gasteiger partial charge is 0.457 e. The van der Waals surface area contributed by atoms with Gasteiger partial charge in [-0.1, -0.05) is 55.4 Å². The van der Waals surface area contributed by atoms with Crippen LogP contribution in [0.25, 0.3) is 38.9 Å². The molecule has 0 spiro atoms. The van der Waals surface area contributed by atoms with Crippen molar-refractivity contribution in [3.63, 3.8) is 0 Å². The lowest BCUT2D eigenvalue weighted by Gasteiger charge is -2.48. The maximum Gasteiger partial charge on any atom is 0.343 e. The van der Waals surface area contributed by atoms with E-state index < -0.39 is 11.3 Å². The summed E-state index contributed by atoms with van der Waals surface area (Å²) in [4.78, 5) is 36.2. The molecule has 4 aromatic rings. The number of fused-ring (bicyclic) bond motifs is 4. The van der Waals surface area contributed by atoms with E-state index in [1.165, 1.54) is 22.5 Å². The van der Waals surface area contributed by atoms with Crippen molar-refractivity contribution in [2.45, 2.75) is 117 Å². The Labute approximate surface area is 357 Å². The van der Waals surface area contributed by atoms with Crippen LogP contribution in [-0.2, 0) is 26.4 Å². The summed E-state index contributed by atoms with van der Waals surface area (Å²) in [6.07, 6.45) is 13.9. The zero-order valence-corrected chi connectivity index (χ0v) is 37.1. The summed E-state index contributed by atoms with van der Waals surface area (Å²) in [7, 11) is 0. The predicted octanol–water partition coefficient (Wildman–Crippen LogP) is 11.1. The van der Waals surface area contributed by atoms with Crippen LogP contribution in [0, 0.1) is 31.8 Å². The summed E-state index contributed by atoms with van der Waals surface area (Å²) in [5.41, 5.74) is 9.84. The van der Waals surface area contributed by atoms with E-state index in [9.17, 15) is 14.9 Å². The Morgan fingerprint density at radius 1 is 0.672 bits per heavy atom.